The molecule has 0 spiro atoms. The summed E-state index contributed by atoms with van der Waals surface area (Å²) in [6, 6.07) is 6.52. The van der Waals surface area contributed by atoms with Crippen LogP contribution >= 0.6 is 15.9 Å². The maximum absolute atomic E-state index is 3.63. The second kappa shape index (κ2) is 7.00. The van der Waals surface area contributed by atoms with Crippen LogP contribution in [0.5, 0.6) is 0 Å². The van der Waals surface area contributed by atoms with E-state index in [2.05, 4.69) is 61.8 Å². The topological polar surface area (TPSA) is 0 Å². The Bertz CT molecular complexity index is 402. The SMILES string of the molecule is CCC/C(CC)=C(\CC)c1cccc(Br)c1C. The van der Waals surface area contributed by atoms with Crippen molar-refractivity contribution < 1.29 is 0 Å². The van der Waals surface area contributed by atoms with Crippen LogP contribution in [0, 0.1) is 6.92 Å². The molecule has 0 saturated carbocycles. The molecule has 1 aromatic carbocycles. The summed E-state index contributed by atoms with van der Waals surface area (Å²) in [4.78, 5) is 0. The first-order chi connectivity index (χ1) is 8.15. The van der Waals surface area contributed by atoms with Crippen molar-refractivity contribution in [2.75, 3.05) is 0 Å². The van der Waals surface area contributed by atoms with Gasteiger partial charge in [0, 0.05) is 4.47 Å². The molecule has 0 aliphatic heterocycles. The predicted molar refractivity (Wildman–Crippen MR) is 81.3 cm³/mol. The van der Waals surface area contributed by atoms with Crippen molar-refractivity contribution in [1.82, 2.24) is 0 Å². The van der Waals surface area contributed by atoms with Crippen molar-refractivity contribution >= 4 is 21.5 Å². The summed E-state index contributed by atoms with van der Waals surface area (Å²) < 4.78 is 1.22. The van der Waals surface area contributed by atoms with Gasteiger partial charge in [0.1, 0.15) is 0 Å². The minimum absolute atomic E-state index is 1.13. The molecule has 1 rings (SSSR count). The maximum Gasteiger partial charge on any atom is 0.0210 e. The zero-order valence-corrected chi connectivity index (χ0v) is 13.0. The third-order valence-corrected chi connectivity index (χ3v) is 4.21. The smallest absolute Gasteiger partial charge is 0.0210 e. The van der Waals surface area contributed by atoms with Crippen molar-refractivity contribution in [3.05, 3.63) is 39.4 Å². The van der Waals surface area contributed by atoms with Gasteiger partial charge in [0.2, 0.25) is 0 Å². The lowest BCUT2D eigenvalue weighted by molar-refractivity contribution is 0.854. The molecule has 0 aromatic heterocycles. The Morgan fingerprint density at radius 2 is 1.82 bits per heavy atom. The maximum atomic E-state index is 3.63. The van der Waals surface area contributed by atoms with Crippen LogP contribution in [-0.2, 0) is 0 Å². The zero-order valence-electron chi connectivity index (χ0n) is 11.4. The molecule has 0 atom stereocenters. The average molecular weight is 295 g/mol. The van der Waals surface area contributed by atoms with Crippen LogP contribution < -0.4 is 0 Å². The van der Waals surface area contributed by atoms with Crippen LogP contribution in [0.15, 0.2) is 28.2 Å². The van der Waals surface area contributed by atoms with Crippen molar-refractivity contribution in [2.45, 2.75) is 53.4 Å². The fourth-order valence-corrected chi connectivity index (χ4v) is 2.77. The average Bonchev–Trinajstić information content (AvgIpc) is 2.34. The van der Waals surface area contributed by atoms with E-state index >= 15 is 0 Å². The number of rotatable bonds is 5. The predicted octanol–water partition coefficient (Wildman–Crippen LogP) is 6.13. The first-order valence-corrected chi connectivity index (χ1v) is 7.41. The minimum atomic E-state index is 1.13. The van der Waals surface area contributed by atoms with E-state index in [4.69, 9.17) is 0 Å². The highest BCUT2D eigenvalue weighted by Gasteiger charge is 2.09. The summed E-state index contributed by atoms with van der Waals surface area (Å²) in [6.07, 6.45) is 4.76. The first kappa shape index (κ1) is 14.5. The molecule has 0 nitrogen and oxygen atoms in total. The van der Waals surface area contributed by atoms with E-state index in [9.17, 15) is 0 Å². The number of hydrogen-bond acceptors (Lipinski definition) is 0. The van der Waals surface area contributed by atoms with E-state index < -0.39 is 0 Å². The Labute approximate surface area is 114 Å². The van der Waals surface area contributed by atoms with Crippen molar-refractivity contribution in [2.24, 2.45) is 0 Å². The zero-order chi connectivity index (χ0) is 12.8. The Morgan fingerprint density at radius 3 is 2.35 bits per heavy atom. The summed E-state index contributed by atoms with van der Waals surface area (Å²) in [5, 5.41) is 0. The van der Waals surface area contributed by atoms with Gasteiger partial charge in [-0.05, 0) is 49.0 Å². The van der Waals surface area contributed by atoms with Gasteiger partial charge >= 0.3 is 0 Å². The second-order valence-electron chi connectivity index (χ2n) is 4.45. The standard InChI is InChI=1S/C16H23Br/c1-5-9-13(6-2)14(7-3)15-10-8-11-16(17)12(15)4/h8,10-11H,5-7,9H2,1-4H3/b14-13+. The first-order valence-electron chi connectivity index (χ1n) is 6.61. The summed E-state index contributed by atoms with van der Waals surface area (Å²) in [5.74, 6) is 0. The molecule has 0 heterocycles. The lowest BCUT2D eigenvalue weighted by Gasteiger charge is -2.16. The monoisotopic (exact) mass is 294 g/mol. The lowest BCUT2D eigenvalue weighted by Crippen LogP contribution is -1.94. The molecule has 0 aliphatic carbocycles. The Kier molecular flexibility index (Phi) is 5.97. The van der Waals surface area contributed by atoms with Crippen molar-refractivity contribution in [3.8, 4) is 0 Å². The highest BCUT2D eigenvalue weighted by molar-refractivity contribution is 9.10. The van der Waals surface area contributed by atoms with Gasteiger partial charge in [0.15, 0.2) is 0 Å². The highest BCUT2D eigenvalue weighted by Crippen LogP contribution is 2.32. The molecular formula is C16H23Br. The summed E-state index contributed by atoms with van der Waals surface area (Å²) >= 11 is 3.63. The summed E-state index contributed by atoms with van der Waals surface area (Å²) in [6.45, 7) is 9.00. The van der Waals surface area contributed by atoms with Gasteiger partial charge < -0.3 is 0 Å². The molecule has 0 fully saturated rings. The molecule has 1 heteroatoms. The fourth-order valence-electron chi connectivity index (χ4n) is 2.41. The van der Waals surface area contributed by atoms with Crippen molar-refractivity contribution in [1.29, 1.82) is 0 Å². The number of halogens is 1. The van der Waals surface area contributed by atoms with Crippen LogP contribution in [0.4, 0.5) is 0 Å². The Morgan fingerprint density at radius 1 is 1.12 bits per heavy atom. The second-order valence-corrected chi connectivity index (χ2v) is 5.31. The number of hydrogen-bond donors (Lipinski definition) is 0. The third-order valence-electron chi connectivity index (χ3n) is 3.35. The molecule has 0 N–H and O–H groups in total. The highest BCUT2D eigenvalue weighted by atomic mass is 79.9. The van der Waals surface area contributed by atoms with E-state index in [0.29, 0.717) is 0 Å². The number of benzene rings is 1. The van der Waals surface area contributed by atoms with Crippen LogP contribution in [-0.4, -0.2) is 0 Å². The lowest BCUT2D eigenvalue weighted by atomic mass is 9.91. The molecule has 1 aromatic rings. The molecule has 0 saturated heterocycles. The van der Waals surface area contributed by atoms with Gasteiger partial charge in [-0.25, -0.2) is 0 Å². The Hall–Kier alpha value is -0.560. The summed E-state index contributed by atoms with van der Waals surface area (Å²) in [5.41, 5.74) is 5.96. The van der Waals surface area contributed by atoms with E-state index in [1.165, 1.54) is 34.9 Å². The van der Waals surface area contributed by atoms with Gasteiger partial charge in [0.05, 0.1) is 0 Å². The van der Waals surface area contributed by atoms with Gasteiger partial charge in [-0.2, -0.15) is 0 Å². The van der Waals surface area contributed by atoms with Crippen LogP contribution in [0.2, 0.25) is 0 Å². The van der Waals surface area contributed by atoms with Crippen LogP contribution in [0.1, 0.15) is 57.6 Å². The van der Waals surface area contributed by atoms with Crippen LogP contribution in [0.3, 0.4) is 0 Å². The summed E-state index contributed by atoms with van der Waals surface area (Å²) in [7, 11) is 0. The molecule has 0 aliphatic rings. The van der Waals surface area contributed by atoms with E-state index in [1.807, 2.05) is 0 Å². The normalized spacial score (nSPS) is 12.5. The molecule has 0 unspecified atom stereocenters. The molecule has 94 valence electrons. The molecular weight excluding hydrogens is 272 g/mol. The van der Waals surface area contributed by atoms with Gasteiger partial charge in [0.25, 0.3) is 0 Å². The largest absolute Gasteiger partial charge is 0.0667 e. The third kappa shape index (κ3) is 3.45. The van der Waals surface area contributed by atoms with Crippen molar-refractivity contribution in [3.63, 3.8) is 0 Å². The van der Waals surface area contributed by atoms with Gasteiger partial charge in [-0.15, -0.1) is 0 Å². The van der Waals surface area contributed by atoms with Gasteiger partial charge in [-0.3, -0.25) is 0 Å². The Balaban J connectivity index is 3.29. The molecule has 0 amide bonds. The van der Waals surface area contributed by atoms with E-state index in [0.717, 1.165) is 6.42 Å². The fraction of sp³-hybridized carbons (Fsp3) is 0.500. The minimum Gasteiger partial charge on any atom is -0.0667 e. The van der Waals surface area contributed by atoms with Crippen LogP contribution in [0.25, 0.3) is 5.57 Å². The van der Waals surface area contributed by atoms with E-state index in [1.54, 1.807) is 11.1 Å². The molecule has 0 radical (unpaired) electrons. The molecule has 0 bridgehead atoms. The quantitative estimate of drug-likeness (QED) is 0.613. The van der Waals surface area contributed by atoms with Gasteiger partial charge in [-0.1, -0.05) is 60.8 Å². The van der Waals surface area contributed by atoms with E-state index in [-0.39, 0.29) is 0 Å². The molecule has 17 heavy (non-hydrogen) atoms. The number of allylic oxidation sites excluding steroid dienone is 2.